The monoisotopic (exact) mass is 263 g/mol. The van der Waals surface area contributed by atoms with Gasteiger partial charge in [-0.1, -0.05) is 30.3 Å². The smallest absolute Gasteiger partial charge is 0.119 e. The third kappa shape index (κ3) is 2.03. The Balaban J connectivity index is 2.32. The Labute approximate surface area is 119 Å². The third-order valence-electron chi connectivity index (χ3n) is 3.70. The van der Waals surface area contributed by atoms with Gasteiger partial charge in [0, 0.05) is 16.6 Å². The van der Waals surface area contributed by atoms with Crippen molar-refractivity contribution in [3.63, 3.8) is 0 Å². The lowest BCUT2D eigenvalue weighted by atomic mass is 9.99. The Kier molecular flexibility index (Phi) is 3.15. The summed E-state index contributed by atoms with van der Waals surface area (Å²) in [5.74, 6) is 0.880. The Bertz CT molecular complexity index is 763. The number of benzene rings is 2. The van der Waals surface area contributed by atoms with E-state index in [0.29, 0.717) is 0 Å². The second kappa shape index (κ2) is 4.97. The molecule has 2 aromatic carbocycles. The highest BCUT2D eigenvalue weighted by molar-refractivity contribution is 5.92. The summed E-state index contributed by atoms with van der Waals surface area (Å²) >= 11 is 0. The number of hydrogen-bond acceptors (Lipinski definition) is 2. The molecule has 3 aromatic rings. The van der Waals surface area contributed by atoms with Crippen molar-refractivity contribution in [1.29, 1.82) is 0 Å². The van der Waals surface area contributed by atoms with Crippen LogP contribution in [0, 0.1) is 13.8 Å². The first-order chi connectivity index (χ1) is 9.70. The molecular weight excluding hydrogens is 246 g/mol. The number of ether oxygens (including phenoxy) is 1. The summed E-state index contributed by atoms with van der Waals surface area (Å²) in [4.78, 5) is 4.79. The third-order valence-corrected chi connectivity index (χ3v) is 3.70. The maximum absolute atomic E-state index is 5.34. The Morgan fingerprint density at radius 3 is 2.35 bits per heavy atom. The predicted octanol–water partition coefficient (Wildman–Crippen LogP) is 4.53. The van der Waals surface area contributed by atoms with Crippen LogP contribution in [0.25, 0.3) is 22.0 Å². The van der Waals surface area contributed by atoms with E-state index in [9.17, 15) is 0 Å². The minimum absolute atomic E-state index is 0.880. The summed E-state index contributed by atoms with van der Waals surface area (Å²) in [5.41, 5.74) is 4.43. The molecule has 0 bridgehead atoms. The van der Waals surface area contributed by atoms with Crippen molar-refractivity contribution in [3.8, 4) is 17.0 Å². The number of nitrogens with zero attached hydrogens (tertiary/aromatic N) is 1. The van der Waals surface area contributed by atoms with E-state index in [0.717, 1.165) is 22.7 Å². The molecule has 0 radical (unpaired) electrons. The molecule has 0 atom stereocenters. The van der Waals surface area contributed by atoms with Crippen molar-refractivity contribution >= 4 is 10.8 Å². The molecule has 0 aliphatic carbocycles. The quantitative estimate of drug-likeness (QED) is 0.677. The summed E-state index contributed by atoms with van der Waals surface area (Å²) in [5, 5.41) is 2.39. The topological polar surface area (TPSA) is 22.1 Å². The first-order valence-corrected chi connectivity index (χ1v) is 6.71. The second-order valence-electron chi connectivity index (χ2n) is 4.95. The molecule has 2 heteroatoms. The molecule has 0 aliphatic heterocycles. The fourth-order valence-corrected chi connectivity index (χ4v) is 2.59. The van der Waals surface area contributed by atoms with Crippen LogP contribution in [0.2, 0.25) is 0 Å². The lowest BCUT2D eigenvalue weighted by Crippen LogP contribution is -1.95. The van der Waals surface area contributed by atoms with E-state index in [1.165, 1.54) is 16.3 Å². The summed E-state index contributed by atoms with van der Waals surface area (Å²) in [6, 6.07) is 16.5. The zero-order valence-electron chi connectivity index (χ0n) is 12.0. The summed E-state index contributed by atoms with van der Waals surface area (Å²) in [6.07, 6.45) is 0. The van der Waals surface area contributed by atoms with Gasteiger partial charge in [-0.15, -0.1) is 0 Å². The van der Waals surface area contributed by atoms with Gasteiger partial charge >= 0.3 is 0 Å². The number of aromatic nitrogens is 1. The lowest BCUT2D eigenvalue weighted by molar-refractivity contribution is 0.415. The van der Waals surface area contributed by atoms with Gasteiger partial charge in [-0.2, -0.15) is 0 Å². The Morgan fingerprint density at radius 2 is 1.65 bits per heavy atom. The van der Waals surface area contributed by atoms with E-state index in [1.807, 2.05) is 24.3 Å². The minimum Gasteiger partial charge on any atom is -0.497 e. The first-order valence-electron chi connectivity index (χ1n) is 6.71. The molecule has 100 valence electrons. The molecule has 0 unspecified atom stereocenters. The van der Waals surface area contributed by atoms with Crippen LogP contribution in [0.15, 0.2) is 48.5 Å². The van der Waals surface area contributed by atoms with Gasteiger partial charge < -0.3 is 4.74 Å². The number of rotatable bonds is 2. The van der Waals surface area contributed by atoms with Crippen molar-refractivity contribution in [2.45, 2.75) is 13.8 Å². The Morgan fingerprint density at radius 1 is 0.900 bits per heavy atom. The summed E-state index contributed by atoms with van der Waals surface area (Å²) < 4.78 is 5.34. The van der Waals surface area contributed by atoms with Crippen molar-refractivity contribution in [2.24, 2.45) is 0 Å². The van der Waals surface area contributed by atoms with Crippen LogP contribution in [-0.2, 0) is 0 Å². The molecule has 0 aliphatic rings. The van der Waals surface area contributed by atoms with E-state index < -0.39 is 0 Å². The minimum atomic E-state index is 0.880. The van der Waals surface area contributed by atoms with Gasteiger partial charge in [0.15, 0.2) is 0 Å². The van der Waals surface area contributed by atoms with Gasteiger partial charge in [-0.05, 0) is 43.0 Å². The average molecular weight is 263 g/mol. The van der Waals surface area contributed by atoms with Crippen molar-refractivity contribution in [2.75, 3.05) is 7.11 Å². The molecule has 0 amide bonds. The highest BCUT2D eigenvalue weighted by Gasteiger charge is 2.10. The fraction of sp³-hybridized carbons (Fsp3) is 0.167. The van der Waals surface area contributed by atoms with E-state index in [-0.39, 0.29) is 0 Å². The van der Waals surface area contributed by atoms with E-state index >= 15 is 0 Å². The maximum Gasteiger partial charge on any atom is 0.119 e. The van der Waals surface area contributed by atoms with Gasteiger partial charge in [0.2, 0.25) is 0 Å². The van der Waals surface area contributed by atoms with Crippen molar-refractivity contribution in [3.05, 3.63) is 59.8 Å². The van der Waals surface area contributed by atoms with Crippen LogP contribution in [0.1, 0.15) is 11.3 Å². The zero-order valence-corrected chi connectivity index (χ0v) is 12.0. The molecule has 1 heterocycles. The lowest BCUT2D eigenvalue weighted by Gasteiger charge is -2.12. The largest absolute Gasteiger partial charge is 0.497 e. The Hall–Kier alpha value is -2.35. The standard InChI is InChI=1S/C18H17NO/c1-12-17-11-15(20-3)9-10-16(17)13(2)19-18(12)14-7-5-4-6-8-14/h4-11H,1-3H3. The molecule has 1 aromatic heterocycles. The van der Waals surface area contributed by atoms with Crippen molar-refractivity contribution < 1.29 is 4.74 Å². The second-order valence-corrected chi connectivity index (χ2v) is 4.95. The molecule has 3 rings (SSSR count). The first kappa shape index (κ1) is 12.7. The van der Waals surface area contributed by atoms with Gasteiger partial charge in [-0.3, -0.25) is 4.98 Å². The predicted molar refractivity (Wildman–Crippen MR) is 83.2 cm³/mol. The normalized spacial score (nSPS) is 10.8. The van der Waals surface area contributed by atoms with Gasteiger partial charge in [0.05, 0.1) is 12.8 Å². The fourth-order valence-electron chi connectivity index (χ4n) is 2.59. The molecule has 0 saturated heterocycles. The van der Waals surface area contributed by atoms with Crippen LogP contribution in [-0.4, -0.2) is 12.1 Å². The molecular formula is C18H17NO. The summed E-state index contributed by atoms with van der Waals surface area (Å²) in [6.45, 7) is 4.18. The number of fused-ring (bicyclic) bond motifs is 1. The van der Waals surface area contributed by atoms with Crippen LogP contribution < -0.4 is 4.74 Å². The summed E-state index contributed by atoms with van der Waals surface area (Å²) in [7, 11) is 1.70. The van der Waals surface area contributed by atoms with E-state index in [1.54, 1.807) is 7.11 Å². The van der Waals surface area contributed by atoms with Crippen LogP contribution in [0.3, 0.4) is 0 Å². The van der Waals surface area contributed by atoms with Gasteiger partial charge in [-0.25, -0.2) is 0 Å². The number of hydrogen-bond donors (Lipinski definition) is 0. The molecule has 20 heavy (non-hydrogen) atoms. The molecule has 0 saturated carbocycles. The highest BCUT2D eigenvalue weighted by Crippen LogP contribution is 2.31. The highest BCUT2D eigenvalue weighted by atomic mass is 16.5. The molecule has 0 spiro atoms. The van der Waals surface area contributed by atoms with Gasteiger partial charge in [0.25, 0.3) is 0 Å². The molecule has 0 fully saturated rings. The molecule has 2 nitrogen and oxygen atoms in total. The van der Waals surface area contributed by atoms with E-state index in [2.05, 4.69) is 38.1 Å². The number of pyridine rings is 1. The average Bonchev–Trinajstić information content (AvgIpc) is 2.51. The number of aryl methyl sites for hydroxylation is 2. The van der Waals surface area contributed by atoms with E-state index in [4.69, 9.17) is 9.72 Å². The SMILES string of the molecule is COc1ccc2c(C)nc(-c3ccccc3)c(C)c2c1. The van der Waals surface area contributed by atoms with Crippen molar-refractivity contribution in [1.82, 2.24) is 4.98 Å². The molecule has 0 N–H and O–H groups in total. The number of methoxy groups -OCH3 is 1. The van der Waals surface area contributed by atoms with Crippen LogP contribution in [0.4, 0.5) is 0 Å². The zero-order chi connectivity index (χ0) is 14.1. The van der Waals surface area contributed by atoms with Crippen LogP contribution >= 0.6 is 0 Å². The maximum atomic E-state index is 5.34. The van der Waals surface area contributed by atoms with Crippen LogP contribution in [0.5, 0.6) is 5.75 Å². The van der Waals surface area contributed by atoms with Gasteiger partial charge in [0.1, 0.15) is 5.75 Å².